The Morgan fingerprint density at radius 1 is 1.00 bits per heavy atom. The number of carbonyl (C=O) groups excluding carboxylic acids is 2. The first-order valence-electron chi connectivity index (χ1n) is 7.35. The Morgan fingerprint density at radius 3 is 2.00 bits per heavy atom. The molecule has 0 unspecified atom stereocenters. The summed E-state index contributed by atoms with van der Waals surface area (Å²) in [4.78, 5) is 28.4. The minimum Gasteiger partial charge on any atom is -0.467 e. The van der Waals surface area contributed by atoms with Crippen molar-refractivity contribution in [3.63, 3.8) is 0 Å². The number of aryl methyl sites for hydroxylation is 1. The zero-order chi connectivity index (χ0) is 17.9. The van der Waals surface area contributed by atoms with Crippen LogP contribution < -0.4 is 0 Å². The van der Waals surface area contributed by atoms with Crippen LogP contribution in [0.25, 0.3) is 0 Å². The van der Waals surface area contributed by atoms with Crippen LogP contribution in [0.15, 0.2) is 0 Å². The van der Waals surface area contributed by atoms with Crippen molar-refractivity contribution in [2.24, 2.45) is 0 Å². The zero-order valence-corrected chi connectivity index (χ0v) is 15.1. The average molecular weight is 323 g/mol. The van der Waals surface area contributed by atoms with E-state index in [-0.39, 0.29) is 5.69 Å². The molecule has 0 radical (unpaired) electrons. The molecule has 0 aromatic carbocycles. The van der Waals surface area contributed by atoms with E-state index in [9.17, 15) is 9.59 Å². The van der Waals surface area contributed by atoms with Crippen molar-refractivity contribution in [1.29, 1.82) is 0 Å². The molecule has 1 rings (SSSR count). The summed E-state index contributed by atoms with van der Waals surface area (Å²) < 4.78 is 15.5. The maximum atomic E-state index is 12.2. The van der Waals surface area contributed by atoms with Gasteiger partial charge in [0.25, 0.3) is 0 Å². The molecular weight excluding hydrogens is 298 g/mol. The number of pyridine rings is 1. The molecule has 0 spiro atoms. The molecule has 1 heterocycles. The van der Waals surface area contributed by atoms with Gasteiger partial charge in [-0.25, -0.2) is 14.6 Å². The highest BCUT2D eigenvalue weighted by Gasteiger charge is 2.32. The van der Waals surface area contributed by atoms with Crippen molar-refractivity contribution < 1.29 is 23.8 Å². The molecule has 0 fully saturated rings. The summed E-state index contributed by atoms with van der Waals surface area (Å²) in [5.74, 6) is -1.01. The summed E-state index contributed by atoms with van der Waals surface area (Å²) >= 11 is 0. The van der Waals surface area contributed by atoms with Crippen LogP contribution in [0.5, 0.6) is 0 Å². The minimum atomic E-state index is -0.905. The molecule has 6 heteroatoms. The summed E-state index contributed by atoms with van der Waals surface area (Å²) in [6, 6.07) is 0. The highest BCUT2D eigenvalue weighted by Crippen LogP contribution is 2.31. The van der Waals surface area contributed by atoms with Crippen LogP contribution in [-0.2, 0) is 19.0 Å². The van der Waals surface area contributed by atoms with Crippen molar-refractivity contribution in [3.8, 4) is 0 Å². The highest BCUT2D eigenvalue weighted by molar-refractivity contribution is 5.89. The van der Waals surface area contributed by atoms with Gasteiger partial charge in [-0.2, -0.15) is 0 Å². The van der Waals surface area contributed by atoms with Gasteiger partial charge in [-0.1, -0.05) is 0 Å². The van der Waals surface area contributed by atoms with Gasteiger partial charge in [-0.3, -0.25) is 0 Å². The number of rotatable bonds is 4. The number of esters is 2. The lowest BCUT2D eigenvalue weighted by atomic mass is 9.96. The average Bonchev–Trinajstić information content (AvgIpc) is 2.47. The molecule has 128 valence electrons. The van der Waals surface area contributed by atoms with E-state index in [0.29, 0.717) is 16.8 Å². The third-order valence-corrected chi connectivity index (χ3v) is 3.52. The highest BCUT2D eigenvalue weighted by atomic mass is 16.6. The number of hydrogen-bond acceptors (Lipinski definition) is 6. The van der Waals surface area contributed by atoms with E-state index in [2.05, 4.69) is 4.98 Å². The summed E-state index contributed by atoms with van der Waals surface area (Å²) in [5.41, 5.74) is 2.27. The fourth-order valence-corrected chi connectivity index (χ4v) is 2.33. The predicted molar refractivity (Wildman–Crippen MR) is 85.4 cm³/mol. The molecule has 1 aromatic rings. The van der Waals surface area contributed by atoms with Crippen molar-refractivity contribution in [2.45, 2.75) is 53.2 Å². The molecule has 0 aliphatic rings. The molecule has 1 atom stereocenters. The number of hydrogen-bond donors (Lipinski definition) is 0. The standard InChI is InChI=1S/C17H25NO5/c1-9-10(2)13(15(19)21-7)18-11(3)12(9)14(16(20)22-8)23-17(4,5)6/h14H,1-8H3/t14-/m0/s1. The molecule has 0 bridgehead atoms. The molecule has 23 heavy (non-hydrogen) atoms. The van der Waals surface area contributed by atoms with Crippen molar-refractivity contribution >= 4 is 11.9 Å². The summed E-state index contributed by atoms with van der Waals surface area (Å²) in [5, 5.41) is 0. The first-order chi connectivity index (χ1) is 10.5. The second-order valence-electron chi connectivity index (χ2n) is 6.33. The van der Waals surface area contributed by atoms with Crippen molar-refractivity contribution in [2.75, 3.05) is 14.2 Å². The number of ether oxygens (including phenoxy) is 3. The number of nitrogens with zero attached hydrogens (tertiary/aromatic N) is 1. The monoisotopic (exact) mass is 323 g/mol. The lowest BCUT2D eigenvalue weighted by Gasteiger charge is -2.28. The lowest BCUT2D eigenvalue weighted by molar-refractivity contribution is -0.164. The van der Waals surface area contributed by atoms with Crippen LogP contribution in [0, 0.1) is 20.8 Å². The number of carbonyl (C=O) groups is 2. The van der Waals surface area contributed by atoms with E-state index >= 15 is 0 Å². The van der Waals surface area contributed by atoms with E-state index < -0.39 is 23.6 Å². The maximum absolute atomic E-state index is 12.2. The zero-order valence-electron chi connectivity index (χ0n) is 15.1. The van der Waals surface area contributed by atoms with Crippen LogP contribution in [-0.4, -0.2) is 36.7 Å². The SMILES string of the molecule is COC(=O)c1nc(C)c([C@H](OC(C)(C)C)C(=O)OC)c(C)c1C. The topological polar surface area (TPSA) is 74.7 Å². The molecule has 0 amide bonds. The van der Waals surface area contributed by atoms with Gasteiger partial charge in [-0.05, 0) is 52.7 Å². The molecule has 1 aromatic heterocycles. The van der Waals surface area contributed by atoms with Crippen LogP contribution in [0.3, 0.4) is 0 Å². The van der Waals surface area contributed by atoms with E-state index in [0.717, 1.165) is 5.56 Å². The third-order valence-electron chi connectivity index (χ3n) is 3.52. The Morgan fingerprint density at radius 2 is 1.57 bits per heavy atom. The Bertz CT molecular complexity index is 616. The van der Waals surface area contributed by atoms with Gasteiger partial charge in [0.05, 0.1) is 19.8 Å². The second-order valence-corrected chi connectivity index (χ2v) is 6.33. The lowest BCUT2D eigenvalue weighted by Crippen LogP contribution is -2.30. The van der Waals surface area contributed by atoms with E-state index in [1.54, 1.807) is 13.8 Å². The van der Waals surface area contributed by atoms with Crippen LogP contribution in [0.2, 0.25) is 0 Å². The fraction of sp³-hybridized carbons (Fsp3) is 0.588. The number of methoxy groups -OCH3 is 2. The van der Waals surface area contributed by atoms with Gasteiger partial charge < -0.3 is 14.2 Å². The maximum Gasteiger partial charge on any atom is 0.356 e. The van der Waals surface area contributed by atoms with Gasteiger partial charge in [-0.15, -0.1) is 0 Å². The van der Waals surface area contributed by atoms with Gasteiger partial charge in [0.15, 0.2) is 11.8 Å². The first kappa shape index (κ1) is 19.1. The summed E-state index contributed by atoms with van der Waals surface area (Å²) in [6.45, 7) is 10.9. The Kier molecular flexibility index (Phi) is 5.88. The van der Waals surface area contributed by atoms with Crippen LogP contribution in [0.1, 0.15) is 59.7 Å². The molecule has 0 N–H and O–H groups in total. The largest absolute Gasteiger partial charge is 0.467 e. The van der Waals surface area contributed by atoms with Gasteiger partial charge in [0, 0.05) is 11.3 Å². The van der Waals surface area contributed by atoms with Gasteiger partial charge in [0.2, 0.25) is 0 Å². The molecule has 0 saturated carbocycles. The van der Waals surface area contributed by atoms with E-state index in [1.807, 2.05) is 27.7 Å². The van der Waals surface area contributed by atoms with Crippen LogP contribution in [0.4, 0.5) is 0 Å². The van der Waals surface area contributed by atoms with E-state index in [1.165, 1.54) is 14.2 Å². The predicted octanol–water partition coefficient (Wildman–Crippen LogP) is 2.82. The van der Waals surface area contributed by atoms with Crippen molar-refractivity contribution in [1.82, 2.24) is 4.98 Å². The first-order valence-corrected chi connectivity index (χ1v) is 7.35. The van der Waals surface area contributed by atoms with Gasteiger partial charge in [0.1, 0.15) is 0 Å². The van der Waals surface area contributed by atoms with Crippen LogP contribution >= 0.6 is 0 Å². The fourth-order valence-electron chi connectivity index (χ4n) is 2.33. The molecule has 0 saturated heterocycles. The molecule has 6 nitrogen and oxygen atoms in total. The number of aromatic nitrogens is 1. The Labute approximate surface area is 137 Å². The minimum absolute atomic E-state index is 0.241. The normalized spacial score (nSPS) is 12.7. The summed E-state index contributed by atoms with van der Waals surface area (Å²) in [6.07, 6.45) is -0.905. The summed E-state index contributed by atoms with van der Waals surface area (Å²) in [7, 11) is 2.62. The molecule has 0 aliphatic carbocycles. The third kappa shape index (κ3) is 4.28. The molecule has 0 aliphatic heterocycles. The Hall–Kier alpha value is -1.95. The van der Waals surface area contributed by atoms with E-state index in [4.69, 9.17) is 14.2 Å². The second kappa shape index (κ2) is 7.08. The smallest absolute Gasteiger partial charge is 0.356 e. The molecular formula is C17H25NO5. The van der Waals surface area contributed by atoms with Crippen molar-refractivity contribution in [3.05, 3.63) is 28.1 Å². The van der Waals surface area contributed by atoms with Gasteiger partial charge >= 0.3 is 11.9 Å². The quantitative estimate of drug-likeness (QED) is 0.793. The Balaban J connectivity index is 3.52.